The van der Waals surface area contributed by atoms with Crippen molar-refractivity contribution in [1.29, 1.82) is 0 Å². The van der Waals surface area contributed by atoms with E-state index in [2.05, 4.69) is 10.3 Å². The van der Waals surface area contributed by atoms with E-state index in [1.54, 1.807) is 6.20 Å². The summed E-state index contributed by atoms with van der Waals surface area (Å²) in [7, 11) is 0. The molecule has 0 saturated carbocycles. The summed E-state index contributed by atoms with van der Waals surface area (Å²) in [5.41, 5.74) is 8.51. The van der Waals surface area contributed by atoms with E-state index in [4.69, 9.17) is 5.73 Å². The Morgan fingerprint density at radius 2 is 2.05 bits per heavy atom. The summed E-state index contributed by atoms with van der Waals surface area (Å²) in [5.74, 6) is 0.0587. The number of nitrogens with one attached hydrogen (secondary N) is 1. The highest BCUT2D eigenvalue weighted by Crippen LogP contribution is 2.08. The quantitative estimate of drug-likeness (QED) is 0.788. The number of carbonyl (C=O) groups excluding carboxylic acids is 1. The van der Waals surface area contributed by atoms with Gasteiger partial charge in [-0.1, -0.05) is 18.2 Å². The van der Waals surface area contributed by atoms with Gasteiger partial charge in [0.15, 0.2) is 0 Å². The maximum Gasteiger partial charge on any atom is 0.220 e. The molecular formula is C16H19N3O. The van der Waals surface area contributed by atoms with Gasteiger partial charge in [-0.25, -0.2) is 0 Å². The summed E-state index contributed by atoms with van der Waals surface area (Å²) >= 11 is 0. The van der Waals surface area contributed by atoms with E-state index in [1.165, 1.54) is 0 Å². The van der Waals surface area contributed by atoms with Gasteiger partial charge >= 0.3 is 0 Å². The molecule has 1 heterocycles. The van der Waals surface area contributed by atoms with Gasteiger partial charge in [-0.05, 0) is 36.2 Å². The van der Waals surface area contributed by atoms with E-state index in [1.807, 2.05) is 42.5 Å². The summed E-state index contributed by atoms with van der Waals surface area (Å²) in [6.45, 7) is 0.618. The fraction of sp³-hybridized carbons (Fsp3) is 0.250. The van der Waals surface area contributed by atoms with Crippen LogP contribution < -0.4 is 11.1 Å². The lowest BCUT2D eigenvalue weighted by Crippen LogP contribution is -2.26. The third-order valence-corrected chi connectivity index (χ3v) is 3.02. The zero-order chi connectivity index (χ0) is 14.2. The molecule has 0 spiro atoms. The third-order valence-electron chi connectivity index (χ3n) is 3.02. The number of amides is 1. The number of pyridine rings is 1. The lowest BCUT2D eigenvalue weighted by atomic mass is 10.1. The third kappa shape index (κ3) is 4.72. The van der Waals surface area contributed by atoms with Crippen molar-refractivity contribution >= 4 is 11.6 Å². The fourth-order valence-electron chi connectivity index (χ4n) is 1.97. The number of nitrogen functional groups attached to an aromatic ring is 1. The van der Waals surface area contributed by atoms with Crippen molar-refractivity contribution in [3.8, 4) is 0 Å². The molecule has 0 atom stereocenters. The fourth-order valence-corrected chi connectivity index (χ4v) is 1.97. The number of aromatic nitrogens is 1. The Hall–Kier alpha value is -2.36. The molecule has 0 fully saturated rings. The second kappa shape index (κ2) is 7.28. The lowest BCUT2D eigenvalue weighted by molar-refractivity contribution is -0.121. The molecule has 1 amide bonds. The van der Waals surface area contributed by atoms with E-state index in [9.17, 15) is 4.79 Å². The molecule has 20 heavy (non-hydrogen) atoms. The normalized spacial score (nSPS) is 10.2. The molecule has 0 bridgehead atoms. The Kier molecular flexibility index (Phi) is 5.12. The molecule has 0 aliphatic heterocycles. The summed E-state index contributed by atoms with van der Waals surface area (Å²) in [6, 6.07) is 13.4. The summed E-state index contributed by atoms with van der Waals surface area (Å²) in [6.07, 6.45) is 3.70. The van der Waals surface area contributed by atoms with Crippen molar-refractivity contribution < 1.29 is 4.79 Å². The molecule has 2 aromatic rings. The molecule has 4 nitrogen and oxygen atoms in total. The van der Waals surface area contributed by atoms with Gasteiger partial charge in [0.05, 0.1) is 0 Å². The van der Waals surface area contributed by atoms with Crippen molar-refractivity contribution in [2.45, 2.75) is 19.3 Å². The van der Waals surface area contributed by atoms with Crippen LogP contribution in [0.1, 0.15) is 17.7 Å². The second-order valence-corrected chi connectivity index (χ2v) is 4.67. The molecule has 0 aliphatic carbocycles. The number of hydrogen-bond acceptors (Lipinski definition) is 3. The highest BCUT2D eigenvalue weighted by atomic mass is 16.1. The van der Waals surface area contributed by atoms with Crippen molar-refractivity contribution in [2.75, 3.05) is 12.3 Å². The van der Waals surface area contributed by atoms with Crippen LogP contribution in [-0.2, 0) is 17.6 Å². The minimum atomic E-state index is 0.0587. The van der Waals surface area contributed by atoms with Crippen LogP contribution in [0.5, 0.6) is 0 Å². The van der Waals surface area contributed by atoms with Gasteiger partial charge in [0, 0.05) is 37.0 Å². The highest BCUT2D eigenvalue weighted by Gasteiger charge is 2.02. The zero-order valence-corrected chi connectivity index (χ0v) is 11.4. The molecule has 1 aromatic carbocycles. The Morgan fingerprint density at radius 3 is 2.80 bits per heavy atom. The molecular weight excluding hydrogens is 250 g/mol. The van der Waals surface area contributed by atoms with E-state index < -0.39 is 0 Å². The van der Waals surface area contributed by atoms with Gasteiger partial charge < -0.3 is 11.1 Å². The van der Waals surface area contributed by atoms with E-state index >= 15 is 0 Å². The van der Waals surface area contributed by atoms with Crippen molar-refractivity contribution in [2.24, 2.45) is 0 Å². The van der Waals surface area contributed by atoms with Crippen LogP contribution in [0.3, 0.4) is 0 Å². The van der Waals surface area contributed by atoms with Gasteiger partial charge in [0.2, 0.25) is 5.91 Å². The number of anilines is 1. The van der Waals surface area contributed by atoms with Crippen LogP contribution in [-0.4, -0.2) is 17.4 Å². The molecule has 0 saturated heterocycles. The smallest absolute Gasteiger partial charge is 0.220 e. The van der Waals surface area contributed by atoms with E-state index in [0.717, 1.165) is 23.4 Å². The van der Waals surface area contributed by atoms with Crippen LogP contribution in [0, 0.1) is 0 Å². The number of nitrogens with zero attached hydrogens (tertiary/aromatic N) is 1. The molecule has 1 aromatic heterocycles. The maximum atomic E-state index is 11.7. The number of aryl methyl sites for hydroxylation is 1. The molecule has 104 valence electrons. The predicted molar refractivity (Wildman–Crippen MR) is 80.1 cm³/mol. The lowest BCUT2D eigenvalue weighted by Gasteiger charge is -2.05. The first-order valence-electron chi connectivity index (χ1n) is 6.75. The summed E-state index contributed by atoms with van der Waals surface area (Å²) < 4.78 is 0. The standard InChI is InChI=1S/C16H19N3O/c17-14-5-3-4-13(12-14)7-8-16(20)19-11-9-15-6-1-2-10-18-15/h1-6,10,12H,7-9,11,17H2,(H,19,20). The topological polar surface area (TPSA) is 68.0 Å². The van der Waals surface area contributed by atoms with E-state index in [0.29, 0.717) is 19.4 Å². The molecule has 0 radical (unpaired) electrons. The Bertz CT molecular complexity index is 555. The second-order valence-electron chi connectivity index (χ2n) is 4.67. The van der Waals surface area contributed by atoms with Crippen LogP contribution in [0.2, 0.25) is 0 Å². The van der Waals surface area contributed by atoms with Crippen LogP contribution in [0.15, 0.2) is 48.7 Å². The molecule has 0 unspecified atom stereocenters. The first-order chi connectivity index (χ1) is 9.74. The van der Waals surface area contributed by atoms with Crippen LogP contribution >= 0.6 is 0 Å². The Balaban J connectivity index is 1.68. The van der Waals surface area contributed by atoms with Crippen molar-refractivity contribution in [3.05, 3.63) is 59.9 Å². The number of rotatable bonds is 6. The summed E-state index contributed by atoms with van der Waals surface area (Å²) in [4.78, 5) is 15.9. The first kappa shape index (κ1) is 14.1. The minimum absolute atomic E-state index is 0.0587. The van der Waals surface area contributed by atoms with Crippen LogP contribution in [0.25, 0.3) is 0 Å². The van der Waals surface area contributed by atoms with Gasteiger partial charge in [-0.2, -0.15) is 0 Å². The first-order valence-corrected chi connectivity index (χ1v) is 6.75. The highest BCUT2D eigenvalue weighted by molar-refractivity contribution is 5.76. The molecule has 0 aliphatic rings. The van der Waals surface area contributed by atoms with E-state index in [-0.39, 0.29) is 5.91 Å². The van der Waals surface area contributed by atoms with Gasteiger partial charge in [-0.15, -0.1) is 0 Å². The molecule has 3 N–H and O–H groups in total. The predicted octanol–water partition coefficient (Wildman–Crippen LogP) is 1.96. The molecule has 2 rings (SSSR count). The van der Waals surface area contributed by atoms with Gasteiger partial charge in [-0.3, -0.25) is 9.78 Å². The number of carbonyl (C=O) groups is 1. The van der Waals surface area contributed by atoms with Gasteiger partial charge in [0.1, 0.15) is 0 Å². The van der Waals surface area contributed by atoms with Crippen LogP contribution in [0.4, 0.5) is 5.69 Å². The monoisotopic (exact) mass is 269 g/mol. The minimum Gasteiger partial charge on any atom is -0.399 e. The maximum absolute atomic E-state index is 11.7. The number of benzene rings is 1. The number of hydrogen-bond donors (Lipinski definition) is 2. The Labute approximate surface area is 119 Å². The Morgan fingerprint density at radius 1 is 1.15 bits per heavy atom. The average molecular weight is 269 g/mol. The number of nitrogens with two attached hydrogens (primary N) is 1. The van der Waals surface area contributed by atoms with Crippen molar-refractivity contribution in [1.82, 2.24) is 10.3 Å². The summed E-state index contributed by atoms with van der Waals surface area (Å²) in [5, 5.41) is 2.91. The average Bonchev–Trinajstić information content (AvgIpc) is 2.46. The molecule has 4 heteroatoms. The largest absolute Gasteiger partial charge is 0.399 e. The SMILES string of the molecule is Nc1cccc(CCC(=O)NCCc2ccccn2)c1. The van der Waals surface area contributed by atoms with Gasteiger partial charge in [0.25, 0.3) is 0 Å². The zero-order valence-electron chi connectivity index (χ0n) is 11.4. The van der Waals surface area contributed by atoms with Crippen molar-refractivity contribution in [3.63, 3.8) is 0 Å².